The molecule has 1 aliphatic heterocycles. The van der Waals surface area contributed by atoms with Crippen LogP contribution in [0.25, 0.3) is 0 Å². The largest absolute Gasteiger partial charge is 0.376 e. The van der Waals surface area contributed by atoms with Crippen molar-refractivity contribution in [3.8, 4) is 0 Å². The number of rotatable bonds is 6. The van der Waals surface area contributed by atoms with Crippen LogP contribution in [0.15, 0.2) is 49.1 Å². The fraction of sp³-hybridized carbons (Fsp3) is 0.250. The van der Waals surface area contributed by atoms with Crippen molar-refractivity contribution in [2.45, 2.75) is 0 Å². The molecule has 0 aromatic heterocycles. The predicted molar refractivity (Wildman–Crippen MR) is 116 cm³/mol. The van der Waals surface area contributed by atoms with Gasteiger partial charge in [0.15, 0.2) is 0 Å². The van der Waals surface area contributed by atoms with Gasteiger partial charge >= 0.3 is 0 Å². The molecular weight excluding hydrogens is 415 g/mol. The Labute approximate surface area is 178 Å². The molecule has 2 aromatic carbocycles. The Kier molecular flexibility index (Phi) is 6.61. The van der Waals surface area contributed by atoms with Crippen molar-refractivity contribution in [1.82, 2.24) is 4.90 Å². The Hall–Kier alpha value is -2.77. The summed E-state index contributed by atoms with van der Waals surface area (Å²) in [6.45, 7) is 6.35. The summed E-state index contributed by atoms with van der Waals surface area (Å²) in [6.07, 6.45) is 1.64. The minimum Gasteiger partial charge on any atom is -0.376 e. The monoisotopic (exact) mass is 434 g/mol. The van der Waals surface area contributed by atoms with Crippen LogP contribution in [-0.4, -0.2) is 48.5 Å². The van der Waals surface area contributed by atoms with Gasteiger partial charge in [-0.15, -0.1) is 6.58 Å². The zero-order valence-corrected chi connectivity index (χ0v) is 17.1. The van der Waals surface area contributed by atoms with Crippen LogP contribution in [0.2, 0.25) is 10.0 Å². The van der Waals surface area contributed by atoms with Crippen molar-refractivity contribution in [1.29, 1.82) is 0 Å². The molecule has 1 amide bonds. The quantitative estimate of drug-likeness (QED) is 0.412. The van der Waals surface area contributed by atoms with Crippen molar-refractivity contribution in [2.75, 3.05) is 42.9 Å². The van der Waals surface area contributed by atoms with Crippen molar-refractivity contribution < 1.29 is 9.72 Å². The highest BCUT2D eigenvalue weighted by molar-refractivity contribution is 6.42. The fourth-order valence-corrected chi connectivity index (χ4v) is 3.48. The van der Waals surface area contributed by atoms with Gasteiger partial charge in [-0.25, -0.2) is 0 Å². The number of nitrogens with one attached hydrogen (secondary N) is 1. The zero-order valence-electron chi connectivity index (χ0n) is 15.6. The van der Waals surface area contributed by atoms with E-state index in [4.69, 9.17) is 23.2 Å². The maximum Gasteiger partial charge on any atom is 0.292 e. The van der Waals surface area contributed by atoms with Gasteiger partial charge in [0.1, 0.15) is 5.69 Å². The highest BCUT2D eigenvalue weighted by atomic mass is 35.5. The summed E-state index contributed by atoms with van der Waals surface area (Å²) in [4.78, 5) is 27.4. The molecule has 2 aromatic rings. The average Bonchev–Trinajstić information content (AvgIpc) is 2.73. The van der Waals surface area contributed by atoms with Crippen LogP contribution in [0.1, 0.15) is 10.4 Å². The molecule has 0 unspecified atom stereocenters. The highest BCUT2D eigenvalue weighted by Crippen LogP contribution is 2.30. The lowest BCUT2D eigenvalue weighted by Crippen LogP contribution is -2.48. The normalized spacial score (nSPS) is 13.9. The van der Waals surface area contributed by atoms with Gasteiger partial charge in [-0.2, -0.15) is 0 Å². The third-order valence-electron chi connectivity index (χ3n) is 4.71. The van der Waals surface area contributed by atoms with E-state index in [1.54, 1.807) is 41.3 Å². The molecule has 0 bridgehead atoms. The molecular formula is C20H20Cl2N4O3. The summed E-state index contributed by atoms with van der Waals surface area (Å²) in [6, 6.07) is 9.84. The van der Waals surface area contributed by atoms with Gasteiger partial charge in [0.05, 0.1) is 15.0 Å². The van der Waals surface area contributed by atoms with E-state index >= 15 is 0 Å². The zero-order chi connectivity index (χ0) is 21.0. The molecule has 1 N–H and O–H groups in total. The number of carbonyl (C=O) groups excluding carboxylic acids is 1. The summed E-state index contributed by atoms with van der Waals surface area (Å²) < 4.78 is 0. The first-order valence-corrected chi connectivity index (χ1v) is 9.79. The van der Waals surface area contributed by atoms with Crippen molar-refractivity contribution in [3.63, 3.8) is 0 Å². The lowest BCUT2D eigenvalue weighted by Gasteiger charge is -2.36. The van der Waals surface area contributed by atoms with Crippen molar-refractivity contribution >= 4 is 46.2 Å². The summed E-state index contributed by atoms with van der Waals surface area (Å²) in [5.74, 6) is -0.0970. The molecule has 0 atom stereocenters. The van der Waals surface area contributed by atoms with Gasteiger partial charge in [0.25, 0.3) is 11.6 Å². The first-order chi connectivity index (χ1) is 13.9. The van der Waals surface area contributed by atoms with E-state index in [1.165, 1.54) is 6.07 Å². The first-order valence-electron chi connectivity index (χ1n) is 9.03. The number of amides is 1. The number of hydrogen-bond donors (Lipinski definition) is 1. The minimum absolute atomic E-state index is 0.0176. The van der Waals surface area contributed by atoms with Crippen molar-refractivity contribution in [3.05, 3.63) is 74.8 Å². The standard InChI is InChI=1S/C20H20Cl2N4O3/c1-2-7-23-18-13-15(4-6-19(18)26(28)29)24-8-10-25(11-9-24)20(27)14-3-5-16(21)17(22)12-14/h2-6,12-13,23H,1,7-11H2. The van der Waals surface area contributed by atoms with Gasteiger partial charge in [-0.1, -0.05) is 29.3 Å². The molecule has 1 aliphatic rings. The summed E-state index contributed by atoms with van der Waals surface area (Å²) in [5.41, 5.74) is 1.83. The SMILES string of the molecule is C=CCNc1cc(N2CCN(C(=O)c3ccc(Cl)c(Cl)c3)CC2)ccc1[N+](=O)[O-]. The Morgan fingerprint density at radius 2 is 1.86 bits per heavy atom. The molecule has 1 fully saturated rings. The second-order valence-corrected chi connectivity index (χ2v) is 7.35. The lowest BCUT2D eigenvalue weighted by atomic mass is 10.1. The van der Waals surface area contributed by atoms with Crippen molar-refractivity contribution in [2.24, 2.45) is 0 Å². The van der Waals surface area contributed by atoms with E-state index in [0.717, 1.165) is 5.69 Å². The third kappa shape index (κ3) is 4.81. The van der Waals surface area contributed by atoms with Crippen LogP contribution >= 0.6 is 23.2 Å². The molecule has 7 nitrogen and oxygen atoms in total. The molecule has 0 aliphatic carbocycles. The topological polar surface area (TPSA) is 78.7 Å². The second-order valence-electron chi connectivity index (χ2n) is 6.54. The summed E-state index contributed by atoms with van der Waals surface area (Å²) >= 11 is 11.9. The molecule has 0 spiro atoms. The molecule has 0 radical (unpaired) electrons. The number of hydrogen-bond acceptors (Lipinski definition) is 5. The smallest absolute Gasteiger partial charge is 0.292 e. The van der Waals surface area contributed by atoms with E-state index in [9.17, 15) is 14.9 Å². The third-order valence-corrected chi connectivity index (χ3v) is 5.45. The number of nitro groups is 1. The second kappa shape index (κ2) is 9.15. The molecule has 152 valence electrons. The Morgan fingerprint density at radius 3 is 2.48 bits per heavy atom. The summed E-state index contributed by atoms with van der Waals surface area (Å²) in [7, 11) is 0. The van der Waals surface area contributed by atoms with Gasteiger partial charge < -0.3 is 15.1 Å². The van der Waals surface area contributed by atoms with Gasteiger partial charge in [-0.05, 0) is 30.3 Å². The summed E-state index contributed by atoms with van der Waals surface area (Å²) in [5, 5.41) is 15.0. The van der Waals surface area contributed by atoms with E-state index in [0.29, 0.717) is 54.0 Å². The number of halogens is 2. The molecule has 9 heteroatoms. The van der Waals surface area contributed by atoms with Crippen LogP contribution < -0.4 is 10.2 Å². The van der Waals surface area contributed by atoms with Crippen LogP contribution in [0.3, 0.4) is 0 Å². The fourth-order valence-electron chi connectivity index (χ4n) is 3.18. The van der Waals surface area contributed by atoms with E-state index in [1.807, 2.05) is 0 Å². The molecule has 1 heterocycles. The maximum atomic E-state index is 12.7. The van der Waals surface area contributed by atoms with Gasteiger partial charge in [-0.3, -0.25) is 14.9 Å². The number of nitro benzene ring substituents is 1. The number of benzene rings is 2. The average molecular weight is 435 g/mol. The lowest BCUT2D eigenvalue weighted by molar-refractivity contribution is -0.383. The van der Waals surface area contributed by atoms with E-state index in [2.05, 4.69) is 16.8 Å². The predicted octanol–water partition coefficient (Wildman–Crippen LogP) is 4.46. The van der Waals surface area contributed by atoms with Gasteiger partial charge in [0, 0.05) is 50.0 Å². The Bertz CT molecular complexity index is 943. The molecule has 29 heavy (non-hydrogen) atoms. The number of nitrogens with zero attached hydrogens (tertiary/aromatic N) is 3. The van der Waals surface area contributed by atoms with Crippen LogP contribution in [-0.2, 0) is 0 Å². The minimum atomic E-state index is -0.414. The van der Waals surface area contributed by atoms with E-state index in [-0.39, 0.29) is 11.6 Å². The maximum absolute atomic E-state index is 12.7. The number of piperazine rings is 1. The Morgan fingerprint density at radius 1 is 1.14 bits per heavy atom. The molecule has 0 saturated carbocycles. The van der Waals surface area contributed by atoms with E-state index < -0.39 is 4.92 Å². The highest BCUT2D eigenvalue weighted by Gasteiger charge is 2.24. The van der Waals surface area contributed by atoms with Crippen LogP contribution in [0.4, 0.5) is 17.1 Å². The van der Waals surface area contributed by atoms with Crippen LogP contribution in [0.5, 0.6) is 0 Å². The first kappa shape index (κ1) is 21.0. The number of anilines is 2. The van der Waals surface area contributed by atoms with Crippen LogP contribution in [0, 0.1) is 10.1 Å². The molecule has 3 rings (SSSR count). The van der Waals surface area contributed by atoms with Gasteiger partial charge in [0.2, 0.25) is 0 Å². The molecule has 1 saturated heterocycles. The number of carbonyl (C=O) groups is 1. The Balaban J connectivity index is 1.69.